The molecule has 0 atom stereocenters. The van der Waals surface area contributed by atoms with Gasteiger partial charge in [-0.2, -0.15) is 0 Å². The molecule has 0 unspecified atom stereocenters. The lowest BCUT2D eigenvalue weighted by Crippen LogP contribution is -2.00. The molecule has 0 bridgehead atoms. The predicted molar refractivity (Wildman–Crippen MR) is 99.4 cm³/mol. The number of hydrogen-bond acceptors (Lipinski definition) is 7. The first-order chi connectivity index (χ1) is 12.1. The molecule has 0 saturated carbocycles. The fraction of sp³-hybridized carbons (Fsp3) is 0.118. The van der Waals surface area contributed by atoms with Gasteiger partial charge in [-0.05, 0) is 41.6 Å². The summed E-state index contributed by atoms with van der Waals surface area (Å²) in [6.07, 6.45) is 0. The average molecular weight is 391 g/mol. The molecular formula is C17H11ClN2O3S2. The summed E-state index contributed by atoms with van der Waals surface area (Å²) in [5.41, 5.74) is 1.80. The van der Waals surface area contributed by atoms with E-state index in [1.54, 1.807) is 6.07 Å². The van der Waals surface area contributed by atoms with Crippen LogP contribution in [0.15, 0.2) is 54.6 Å². The highest BCUT2D eigenvalue weighted by Crippen LogP contribution is 2.31. The summed E-state index contributed by atoms with van der Waals surface area (Å²) in [4.78, 5) is 12.7. The molecule has 126 valence electrons. The highest BCUT2D eigenvalue weighted by molar-refractivity contribution is 7.98. The number of rotatable bonds is 4. The molecule has 25 heavy (non-hydrogen) atoms. The second kappa shape index (κ2) is 6.67. The highest BCUT2D eigenvalue weighted by atomic mass is 35.5. The molecule has 8 heteroatoms. The van der Waals surface area contributed by atoms with Gasteiger partial charge in [-0.3, -0.25) is 0 Å². The lowest BCUT2D eigenvalue weighted by molar-refractivity contribution is 0.466. The Hall–Kier alpha value is -2.09. The van der Waals surface area contributed by atoms with Gasteiger partial charge < -0.3 is 8.83 Å². The lowest BCUT2D eigenvalue weighted by atomic mass is 10.1. The minimum Gasteiger partial charge on any atom is -0.423 e. The molecule has 0 aliphatic rings. The van der Waals surface area contributed by atoms with Crippen LogP contribution in [0, 0.1) is 6.92 Å². The van der Waals surface area contributed by atoms with E-state index in [4.69, 9.17) is 20.4 Å². The molecule has 3 heterocycles. The maximum absolute atomic E-state index is 11.8. The predicted octanol–water partition coefficient (Wildman–Crippen LogP) is 5.16. The number of halogens is 1. The molecule has 4 aromatic rings. The fourth-order valence-corrected chi connectivity index (χ4v) is 3.94. The van der Waals surface area contributed by atoms with Crippen molar-refractivity contribution in [2.24, 2.45) is 0 Å². The standard InChI is InChI=1S/C17H11ClN2O3S2/c1-9-5-13-11(7-12(9)18)10(6-15(21)22-13)8-25-17-20-19-16(23-17)14-3-2-4-24-14/h2-7H,8H2,1H3. The normalized spacial score (nSPS) is 11.3. The van der Waals surface area contributed by atoms with Gasteiger partial charge in [-0.25, -0.2) is 4.79 Å². The van der Waals surface area contributed by atoms with E-state index in [-0.39, 0.29) is 0 Å². The van der Waals surface area contributed by atoms with Gasteiger partial charge in [0.05, 0.1) is 4.88 Å². The van der Waals surface area contributed by atoms with E-state index >= 15 is 0 Å². The maximum atomic E-state index is 11.8. The Kier molecular flexibility index (Phi) is 4.37. The van der Waals surface area contributed by atoms with Crippen molar-refractivity contribution >= 4 is 45.7 Å². The first kappa shape index (κ1) is 16.4. The van der Waals surface area contributed by atoms with E-state index in [0.29, 0.717) is 27.5 Å². The van der Waals surface area contributed by atoms with Gasteiger partial charge in [-0.15, -0.1) is 21.5 Å². The zero-order chi connectivity index (χ0) is 17.4. The Labute approximate surface area is 155 Å². The minimum atomic E-state index is -0.394. The quantitative estimate of drug-likeness (QED) is 0.354. The molecule has 4 rings (SSSR count). The van der Waals surface area contributed by atoms with Crippen LogP contribution in [-0.2, 0) is 5.75 Å². The summed E-state index contributed by atoms with van der Waals surface area (Å²) in [6, 6.07) is 8.91. The summed E-state index contributed by atoms with van der Waals surface area (Å²) in [6.45, 7) is 1.87. The van der Waals surface area contributed by atoms with E-state index < -0.39 is 5.63 Å². The van der Waals surface area contributed by atoms with E-state index in [0.717, 1.165) is 21.4 Å². The number of thioether (sulfide) groups is 1. The Morgan fingerprint density at radius 1 is 1.24 bits per heavy atom. The number of aromatic nitrogens is 2. The van der Waals surface area contributed by atoms with Crippen LogP contribution < -0.4 is 5.63 Å². The van der Waals surface area contributed by atoms with Gasteiger partial charge in [0.2, 0.25) is 0 Å². The monoisotopic (exact) mass is 390 g/mol. The van der Waals surface area contributed by atoms with Gasteiger partial charge in [0.15, 0.2) is 0 Å². The van der Waals surface area contributed by atoms with Crippen molar-refractivity contribution in [1.82, 2.24) is 10.2 Å². The smallest absolute Gasteiger partial charge is 0.336 e. The first-order valence-electron chi connectivity index (χ1n) is 7.33. The number of aryl methyl sites for hydroxylation is 1. The van der Waals surface area contributed by atoms with Crippen molar-refractivity contribution in [3.63, 3.8) is 0 Å². The lowest BCUT2D eigenvalue weighted by Gasteiger charge is -2.06. The van der Waals surface area contributed by atoms with Crippen LogP contribution in [0.25, 0.3) is 21.7 Å². The van der Waals surface area contributed by atoms with E-state index in [9.17, 15) is 4.79 Å². The second-order valence-electron chi connectivity index (χ2n) is 5.33. The number of fused-ring (bicyclic) bond motifs is 1. The van der Waals surface area contributed by atoms with Gasteiger partial charge in [0, 0.05) is 22.2 Å². The molecule has 0 aliphatic carbocycles. The molecule has 0 N–H and O–H groups in total. The zero-order valence-corrected chi connectivity index (χ0v) is 15.4. The van der Waals surface area contributed by atoms with Crippen molar-refractivity contribution in [3.05, 3.63) is 62.3 Å². The minimum absolute atomic E-state index is 0.394. The highest BCUT2D eigenvalue weighted by Gasteiger charge is 2.13. The second-order valence-corrected chi connectivity index (χ2v) is 7.61. The van der Waals surface area contributed by atoms with Crippen LogP contribution in [0.4, 0.5) is 0 Å². The third-order valence-corrected chi connectivity index (χ3v) is 5.73. The van der Waals surface area contributed by atoms with E-state index in [1.165, 1.54) is 29.2 Å². The van der Waals surface area contributed by atoms with Gasteiger partial charge in [0.1, 0.15) is 5.58 Å². The molecule has 0 aliphatic heterocycles. The molecule has 0 spiro atoms. The van der Waals surface area contributed by atoms with Crippen LogP contribution >= 0.6 is 34.7 Å². The fourth-order valence-electron chi connectivity index (χ4n) is 2.38. The van der Waals surface area contributed by atoms with Gasteiger partial charge in [0.25, 0.3) is 11.1 Å². The summed E-state index contributed by atoms with van der Waals surface area (Å²) < 4.78 is 10.9. The summed E-state index contributed by atoms with van der Waals surface area (Å²) in [7, 11) is 0. The molecule has 0 amide bonds. The van der Waals surface area contributed by atoms with Crippen LogP contribution in [0.3, 0.4) is 0 Å². The molecular weight excluding hydrogens is 380 g/mol. The van der Waals surface area contributed by atoms with Crippen molar-refractivity contribution in [2.75, 3.05) is 0 Å². The van der Waals surface area contributed by atoms with Crippen LogP contribution in [-0.4, -0.2) is 10.2 Å². The number of hydrogen-bond donors (Lipinski definition) is 0. The van der Waals surface area contributed by atoms with E-state index in [1.807, 2.05) is 30.5 Å². The first-order valence-corrected chi connectivity index (χ1v) is 9.57. The Bertz CT molecular complexity index is 1100. The molecule has 5 nitrogen and oxygen atoms in total. The third kappa shape index (κ3) is 3.35. The molecule has 1 aromatic carbocycles. The zero-order valence-electron chi connectivity index (χ0n) is 13.0. The average Bonchev–Trinajstić information content (AvgIpc) is 3.25. The van der Waals surface area contributed by atoms with Crippen molar-refractivity contribution in [2.45, 2.75) is 17.9 Å². The third-order valence-electron chi connectivity index (χ3n) is 3.60. The molecule has 0 saturated heterocycles. The molecule has 0 fully saturated rings. The molecule has 3 aromatic heterocycles. The summed E-state index contributed by atoms with van der Waals surface area (Å²) in [5.74, 6) is 0.988. The number of benzene rings is 1. The Morgan fingerprint density at radius 2 is 2.12 bits per heavy atom. The topological polar surface area (TPSA) is 69.1 Å². The summed E-state index contributed by atoms with van der Waals surface area (Å²) >= 11 is 9.11. The Balaban J connectivity index is 1.63. The van der Waals surface area contributed by atoms with Crippen molar-refractivity contribution in [1.29, 1.82) is 0 Å². The van der Waals surface area contributed by atoms with E-state index in [2.05, 4.69) is 10.2 Å². The number of nitrogens with zero attached hydrogens (tertiary/aromatic N) is 2. The van der Waals surface area contributed by atoms with Gasteiger partial charge >= 0.3 is 5.63 Å². The Morgan fingerprint density at radius 3 is 2.92 bits per heavy atom. The number of thiophene rings is 1. The van der Waals surface area contributed by atoms with Crippen LogP contribution in [0.5, 0.6) is 0 Å². The van der Waals surface area contributed by atoms with Crippen LogP contribution in [0.1, 0.15) is 11.1 Å². The summed E-state index contributed by atoms with van der Waals surface area (Å²) in [5, 5.41) is 11.9. The van der Waals surface area contributed by atoms with Crippen LogP contribution in [0.2, 0.25) is 5.02 Å². The largest absolute Gasteiger partial charge is 0.423 e. The van der Waals surface area contributed by atoms with Crippen molar-refractivity contribution in [3.8, 4) is 10.8 Å². The maximum Gasteiger partial charge on any atom is 0.336 e. The molecule has 0 radical (unpaired) electrons. The van der Waals surface area contributed by atoms with Crippen molar-refractivity contribution < 1.29 is 8.83 Å². The van der Waals surface area contributed by atoms with Gasteiger partial charge in [-0.1, -0.05) is 29.4 Å². The SMILES string of the molecule is Cc1cc2oc(=O)cc(CSc3nnc(-c4cccs4)o3)c2cc1Cl.